The van der Waals surface area contributed by atoms with Gasteiger partial charge in [0.2, 0.25) is 0 Å². The first-order valence-electron chi connectivity index (χ1n) is 3.47. The van der Waals surface area contributed by atoms with E-state index in [4.69, 9.17) is 5.26 Å². The van der Waals surface area contributed by atoms with Crippen molar-refractivity contribution >= 4 is 6.29 Å². The summed E-state index contributed by atoms with van der Waals surface area (Å²) >= 11 is 0. The third-order valence-electron chi connectivity index (χ3n) is 1.45. The fourth-order valence-electron chi connectivity index (χ4n) is 0.882. The topological polar surface area (TPSA) is 61.1 Å². The van der Waals surface area contributed by atoms with Crippen LogP contribution in [0.15, 0.2) is 18.2 Å². The van der Waals surface area contributed by atoms with Crippen LogP contribution in [-0.2, 0) is 0 Å². The van der Waals surface area contributed by atoms with Crippen LogP contribution in [0.25, 0.3) is 0 Å². The molecule has 0 saturated heterocycles. The van der Waals surface area contributed by atoms with Gasteiger partial charge in [-0.15, -0.1) is 0 Å². The molecule has 0 unspecified atom stereocenters. The largest absolute Gasteiger partial charge is 0.507 e. The van der Waals surface area contributed by atoms with Crippen LogP contribution in [0.1, 0.15) is 15.9 Å². The zero-order chi connectivity index (χ0) is 9.68. The highest BCUT2D eigenvalue weighted by atomic mass is 16.3. The molecular weight excluding hydrogens is 166 g/mol. The summed E-state index contributed by atoms with van der Waals surface area (Å²) in [5.41, 5.74) is 0.474. The van der Waals surface area contributed by atoms with Crippen LogP contribution < -0.4 is 0 Å². The Bertz CT molecular complexity index is 432. The molecular formula is C10H5NO2. The first kappa shape index (κ1) is 8.83. The van der Waals surface area contributed by atoms with E-state index < -0.39 is 0 Å². The first-order chi connectivity index (χ1) is 6.29. The lowest BCUT2D eigenvalue weighted by Crippen LogP contribution is -1.86. The molecule has 0 fully saturated rings. The SMILES string of the molecule is N#CC#Cc1c(O)cccc1C=O. The van der Waals surface area contributed by atoms with Crippen molar-refractivity contribution in [2.75, 3.05) is 0 Å². The van der Waals surface area contributed by atoms with Crippen LogP contribution >= 0.6 is 0 Å². The monoisotopic (exact) mass is 171 g/mol. The second-order valence-corrected chi connectivity index (χ2v) is 2.22. The molecule has 0 aliphatic rings. The van der Waals surface area contributed by atoms with Crippen molar-refractivity contribution < 1.29 is 9.90 Å². The highest BCUT2D eigenvalue weighted by Crippen LogP contribution is 2.17. The molecule has 0 radical (unpaired) electrons. The summed E-state index contributed by atoms with van der Waals surface area (Å²) < 4.78 is 0. The van der Waals surface area contributed by atoms with Crippen molar-refractivity contribution in [1.82, 2.24) is 0 Å². The van der Waals surface area contributed by atoms with Gasteiger partial charge in [0, 0.05) is 11.5 Å². The number of phenols is 1. The van der Waals surface area contributed by atoms with Crippen molar-refractivity contribution in [2.45, 2.75) is 0 Å². The van der Waals surface area contributed by atoms with Gasteiger partial charge in [-0.25, -0.2) is 0 Å². The third kappa shape index (κ3) is 1.85. The average Bonchev–Trinajstić information content (AvgIpc) is 2.15. The second-order valence-electron chi connectivity index (χ2n) is 2.22. The molecule has 1 rings (SSSR count). The molecule has 13 heavy (non-hydrogen) atoms. The van der Waals surface area contributed by atoms with Gasteiger partial charge in [0.15, 0.2) is 12.4 Å². The Balaban J connectivity index is 3.33. The Kier molecular flexibility index (Phi) is 2.68. The van der Waals surface area contributed by atoms with E-state index in [1.54, 1.807) is 6.07 Å². The predicted molar refractivity (Wildman–Crippen MR) is 46.0 cm³/mol. The Morgan fingerprint density at radius 1 is 1.46 bits per heavy atom. The van der Waals surface area contributed by atoms with E-state index >= 15 is 0 Å². The molecule has 0 bridgehead atoms. The van der Waals surface area contributed by atoms with E-state index in [1.165, 1.54) is 18.2 Å². The number of nitriles is 1. The molecule has 0 aliphatic carbocycles. The number of benzene rings is 1. The molecule has 1 aromatic rings. The summed E-state index contributed by atoms with van der Waals surface area (Å²) in [7, 11) is 0. The number of carbonyl (C=O) groups excluding carboxylic acids is 1. The minimum Gasteiger partial charge on any atom is -0.507 e. The molecule has 3 nitrogen and oxygen atoms in total. The first-order valence-corrected chi connectivity index (χ1v) is 3.47. The summed E-state index contributed by atoms with van der Waals surface area (Å²) in [6, 6.07) is 6.08. The number of aromatic hydroxyl groups is 1. The Labute approximate surface area is 75.2 Å². The lowest BCUT2D eigenvalue weighted by molar-refractivity contribution is 0.112. The lowest BCUT2D eigenvalue weighted by atomic mass is 10.1. The summed E-state index contributed by atoms with van der Waals surface area (Å²) in [5.74, 6) is 4.42. The number of rotatable bonds is 1. The molecule has 0 saturated carbocycles. The Morgan fingerprint density at radius 2 is 2.23 bits per heavy atom. The van der Waals surface area contributed by atoms with Crippen molar-refractivity contribution in [3.8, 4) is 23.7 Å². The molecule has 0 spiro atoms. The zero-order valence-electron chi connectivity index (χ0n) is 6.61. The Morgan fingerprint density at radius 3 is 2.85 bits per heavy atom. The predicted octanol–water partition coefficient (Wildman–Crippen LogP) is 1.08. The van der Waals surface area contributed by atoms with E-state index in [2.05, 4.69) is 11.8 Å². The number of nitrogens with zero attached hydrogens (tertiary/aromatic N) is 1. The molecule has 0 aliphatic heterocycles. The minimum atomic E-state index is -0.0904. The van der Waals surface area contributed by atoms with Crippen molar-refractivity contribution in [2.24, 2.45) is 0 Å². The van der Waals surface area contributed by atoms with E-state index in [-0.39, 0.29) is 16.9 Å². The summed E-state index contributed by atoms with van der Waals surface area (Å²) in [6.07, 6.45) is 0.584. The van der Waals surface area contributed by atoms with Crippen LogP contribution in [0.2, 0.25) is 0 Å². The average molecular weight is 171 g/mol. The van der Waals surface area contributed by atoms with E-state index in [9.17, 15) is 9.90 Å². The maximum absolute atomic E-state index is 10.5. The van der Waals surface area contributed by atoms with Gasteiger partial charge < -0.3 is 5.11 Å². The fourth-order valence-corrected chi connectivity index (χ4v) is 0.882. The van der Waals surface area contributed by atoms with Gasteiger partial charge >= 0.3 is 0 Å². The quantitative estimate of drug-likeness (QED) is 0.508. The Hall–Kier alpha value is -2.26. The molecule has 0 aromatic heterocycles. The molecule has 62 valence electrons. The molecule has 0 amide bonds. The molecule has 0 heterocycles. The van der Waals surface area contributed by atoms with Gasteiger partial charge in [-0.2, -0.15) is 5.26 Å². The van der Waals surface area contributed by atoms with Crippen molar-refractivity contribution in [3.63, 3.8) is 0 Å². The molecule has 3 heteroatoms. The van der Waals surface area contributed by atoms with Crippen molar-refractivity contribution in [1.29, 1.82) is 5.26 Å². The molecule has 1 N–H and O–H groups in total. The highest BCUT2D eigenvalue weighted by Gasteiger charge is 2.02. The van der Waals surface area contributed by atoms with Gasteiger partial charge in [-0.1, -0.05) is 12.1 Å². The zero-order valence-corrected chi connectivity index (χ0v) is 6.61. The maximum atomic E-state index is 10.5. The molecule has 0 atom stereocenters. The number of phenolic OH excluding ortho intramolecular Hbond substituents is 1. The van der Waals surface area contributed by atoms with Gasteiger partial charge in [0.1, 0.15) is 5.75 Å². The van der Waals surface area contributed by atoms with Gasteiger partial charge in [-0.05, 0) is 12.0 Å². The summed E-state index contributed by atoms with van der Waals surface area (Å²) in [4.78, 5) is 10.5. The van der Waals surface area contributed by atoms with Crippen LogP contribution in [0.5, 0.6) is 5.75 Å². The number of hydrogen-bond acceptors (Lipinski definition) is 3. The highest BCUT2D eigenvalue weighted by molar-refractivity contribution is 5.81. The number of aldehydes is 1. The van der Waals surface area contributed by atoms with Crippen LogP contribution in [0.4, 0.5) is 0 Å². The third-order valence-corrected chi connectivity index (χ3v) is 1.45. The summed E-state index contributed by atoms with van der Waals surface area (Å²) in [5, 5.41) is 17.5. The van der Waals surface area contributed by atoms with Crippen LogP contribution in [-0.4, -0.2) is 11.4 Å². The van der Waals surface area contributed by atoms with Crippen molar-refractivity contribution in [3.05, 3.63) is 29.3 Å². The minimum absolute atomic E-state index is 0.0904. The van der Waals surface area contributed by atoms with E-state index in [0.29, 0.717) is 6.29 Å². The van der Waals surface area contributed by atoms with Crippen LogP contribution in [0.3, 0.4) is 0 Å². The van der Waals surface area contributed by atoms with E-state index in [1.807, 2.05) is 0 Å². The molecule has 1 aromatic carbocycles. The van der Waals surface area contributed by atoms with Gasteiger partial charge in [0.25, 0.3) is 0 Å². The van der Waals surface area contributed by atoms with Crippen LogP contribution in [0, 0.1) is 23.2 Å². The number of carbonyl (C=O) groups is 1. The summed E-state index contributed by atoms with van der Waals surface area (Å²) in [6.45, 7) is 0. The smallest absolute Gasteiger partial charge is 0.152 e. The maximum Gasteiger partial charge on any atom is 0.152 e. The van der Waals surface area contributed by atoms with E-state index in [0.717, 1.165) is 0 Å². The van der Waals surface area contributed by atoms with Gasteiger partial charge in [-0.3, -0.25) is 4.79 Å². The number of hydrogen-bond donors (Lipinski definition) is 1. The fraction of sp³-hybridized carbons (Fsp3) is 0. The lowest BCUT2D eigenvalue weighted by Gasteiger charge is -1.97. The van der Waals surface area contributed by atoms with Gasteiger partial charge in [0.05, 0.1) is 5.56 Å². The second kappa shape index (κ2) is 3.94. The normalized spacial score (nSPS) is 7.92. The standard InChI is InChI=1S/C10H5NO2/c11-6-2-4-9-8(7-12)3-1-5-10(9)13/h1,3,5,7,13H.